The number of azo groups is 3. The van der Waals surface area contributed by atoms with Crippen LogP contribution in [0.2, 0.25) is 0 Å². The van der Waals surface area contributed by atoms with Gasteiger partial charge in [-0.15, -0.1) is 10.2 Å². The van der Waals surface area contributed by atoms with Crippen molar-refractivity contribution in [2.24, 2.45) is 30.7 Å². The van der Waals surface area contributed by atoms with E-state index in [0.717, 1.165) is 53.6 Å². The molecule has 0 atom stereocenters. The number of benzene rings is 7. The molecular weight excluding hydrogens is 949 g/mol. The molecule has 7 rings (SSSR count). The van der Waals surface area contributed by atoms with Gasteiger partial charge in [-0.3, -0.25) is 9.11 Å². The quantitative estimate of drug-likeness (QED) is 0.0697. The van der Waals surface area contributed by atoms with Crippen molar-refractivity contribution in [3.63, 3.8) is 0 Å². The molecule has 0 amide bonds. The molecular formula is C39H22N6Na4O13S3. The monoisotopic (exact) mass is 970 g/mol. The average molecular weight is 971 g/mol. The van der Waals surface area contributed by atoms with Crippen LogP contribution in [0.4, 0.5) is 34.1 Å². The van der Waals surface area contributed by atoms with Crippen molar-refractivity contribution in [2.45, 2.75) is 14.7 Å². The van der Waals surface area contributed by atoms with Gasteiger partial charge in [-0.1, -0.05) is 54.0 Å². The molecule has 308 valence electrons. The number of hydrogen-bond donors (Lipinski definition) is 2. The predicted octanol–water partition coefficient (Wildman–Crippen LogP) is -5.17. The summed E-state index contributed by atoms with van der Waals surface area (Å²) in [6.07, 6.45) is 0. The molecule has 0 saturated heterocycles. The zero-order valence-corrected chi connectivity index (χ0v) is 44.8. The number of nitrogens with zero attached hydrogens (tertiary/aromatic N) is 6. The number of hydrogen-bond acceptors (Lipinski definition) is 17. The summed E-state index contributed by atoms with van der Waals surface area (Å²) in [7, 11) is -15.0. The van der Waals surface area contributed by atoms with Crippen LogP contribution in [-0.2, 0) is 30.4 Å². The molecule has 0 saturated carbocycles. The van der Waals surface area contributed by atoms with E-state index in [9.17, 15) is 59.0 Å². The maximum Gasteiger partial charge on any atom is 1.00 e. The maximum absolute atomic E-state index is 13.2. The van der Waals surface area contributed by atoms with Crippen molar-refractivity contribution in [1.82, 2.24) is 0 Å². The molecule has 0 fully saturated rings. The van der Waals surface area contributed by atoms with Gasteiger partial charge in [0.15, 0.2) is 0 Å². The third kappa shape index (κ3) is 13.2. The van der Waals surface area contributed by atoms with E-state index in [-0.39, 0.29) is 157 Å². The summed E-state index contributed by atoms with van der Waals surface area (Å²) in [5.74, 6) is -3.65. The standard InChI is InChI=1S/C39H26N6O13S3.4Na/c46-35-16-9-26(19-32(35)39(48)49)42-40-24-5-1-21(2-6-24)22-3-7-25(8-4-22)41-43-33-14-15-34(31-20-28(60(53,54)55)11-13-30(31)33)44-45-37-29-12-10-27(59(50,51)52)17-23(29)18-36(38(37)47)61(56,57)58;;;;/h1-20,46-47H,(H,48,49)(H,50,51,52)(H,53,54,55)(H,56,57,58);;;;/q;4*+1/p-4. The van der Waals surface area contributed by atoms with Crippen LogP contribution in [0.25, 0.3) is 32.7 Å². The minimum absolute atomic E-state index is 0. The van der Waals surface area contributed by atoms with Gasteiger partial charge in [0.05, 0.1) is 54.8 Å². The predicted molar refractivity (Wildman–Crippen MR) is 210 cm³/mol. The molecule has 0 aliphatic rings. The molecule has 0 bridgehead atoms. The van der Waals surface area contributed by atoms with Crippen LogP contribution in [0, 0.1) is 0 Å². The van der Waals surface area contributed by atoms with Crippen molar-refractivity contribution in [3.05, 3.63) is 127 Å². The summed E-state index contributed by atoms with van der Waals surface area (Å²) in [5.41, 5.74) is 1.47. The molecule has 0 aromatic heterocycles. The molecule has 0 heterocycles. The fourth-order valence-corrected chi connectivity index (χ4v) is 7.53. The second-order valence-electron chi connectivity index (χ2n) is 12.8. The minimum atomic E-state index is -5.19. The van der Waals surface area contributed by atoms with Gasteiger partial charge in [0.25, 0.3) is 20.2 Å². The van der Waals surface area contributed by atoms with E-state index in [1.54, 1.807) is 48.5 Å². The van der Waals surface area contributed by atoms with Gasteiger partial charge in [0, 0.05) is 16.2 Å². The third-order valence-electron chi connectivity index (χ3n) is 8.87. The Morgan fingerprint density at radius 2 is 0.985 bits per heavy atom. The molecule has 7 aromatic carbocycles. The van der Waals surface area contributed by atoms with Gasteiger partial charge in [-0.25, -0.2) is 8.42 Å². The number of carboxylic acids is 1. The van der Waals surface area contributed by atoms with Crippen molar-refractivity contribution in [2.75, 3.05) is 0 Å². The Bertz CT molecular complexity index is 3400. The smallest absolute Gasteiger partial charge is 0.872 e. The molecule has 0 aliphatic carbocycles. The molecule has 65 heavy (non-hydrogen) atoms. The van der Waals surface area contributed by atoms with Crippen LogP contribution in [0.3, 0.4) is 0 Å². The van der Waals surface area contributed by atoms with E-state index in [0.29, 0.717) is 17.4 Å². The van der Waals surface area contributed by atoms with Gasteiger partial charge in [-0.05, 0) is 101 Å². The van der Waals surface area contributed by atoms with E-state index in [1.807, 2.05) is 0 Å². The number of rotatable bonds is 11. The van der Waals surface area contributed by atoms with Crippen LogP contribution in [0.5, 0.6) is 11.5 Å². The first-order valence-electron chi connectivity index (χ1n) is 17.0. The van der Waals surface area contributed by atoms with Crippen molar-refractivity contribution in [1.29, 1.82) is 0 Å². The van der Waals surface area contributed by atoms with E-state index in [1.165, 1.54) is 24.3 Å². The third-order valence-corrected chi connectivity index (χ3v) is 11.4. The summed E-state index contributed by atoms with van der Waals surface area (Å²) >= 11 is 0. The van der Waals surface area contributed by atoms with Gasteiger partial charge in [0.1, 0.15) is 10.1 Å². The van der Waals surface area contributed by atoms with Gasteiger partial charge >= 0.3 is 118 Å². The molecule has 26 heteroatoms. The Hall–Kier alpha value is -3.34. The fraction of sp³-hybridized carbons (Fsp3) is 0. The van der Waals surface area contributed by atoms with E-state index in [4.69, 9.17) is 0 Å². The molecule has 0 spiro atoms. The first-order valence-corrected chi connectivity index (χ1v) is 21.3. The summed E-state index contributed by atoms with van der Waals surface area (Å²) in [4.78, 5) is 8.63. The van der Waals surface area contributed by atoms with Crippen LogP contribution in [-0.4, -0.2) is 44.9 Å². The van der Waals surface area contributed by atoms with Crippen molar-refractivity contribution >= 4 is 92.0 Å². The van der Waals surface area contributed by atoms with E-state index in [2.05, 4.69) is 30.7 Å². The SMILES string of the molecule is O=C([O-])c1cc(N=Nc2ccc(-c3ccc(N=Nc4ccc(N=Nc5c([O-])c(S(=O)(=O)O)cc6cc(S(=O)(=O)[O-])ccc56)c5cc(S(=O)(=O)O)ccc45)cc3)cc2)ccc1[O-].[Na+].[Na+].[Na+].[Na+]. The van der Waals surface area contributed by atoms with Crippen LogP contribution in [0.1, 0.15) is 10.4 Å². The number of carbonyl (C=O) groups excluding carboxylic acids is 1. The minimum Gasteiger partial charge on any atom is -0.872 e. The van der Waals surface area contributed by atoms with E-state index < -0.39 is 73.8 Å². The van der Waals surface area contributed by atoms with Crippen molar-refractivity contribution in [3.8, 4) is 22.6 Å². The number of carbonyl (C=O) groups is 1. The summed E-state index contributed by atoms with van der Waals surface area (Å²) < 4.78 is 103. The van der Waals surface area contributed by atoms with Gasteiger partial charge < -0.3 is 24.7 Å². The average Bonchev–Trinajstić information content (AvgIpc) is 3.21. The van der Waals surface area contributed by atoms with Crippen LogP contribution in [0.15, 0.2) is 167 Å². The van der Waals surface area contributed by atoms with Gasteiger partial charge in [0.2, 0.25) is 0 Å². The van der Waals surface area contributed by atoms with Crippen LogP contribution < -0.4 is 134 Å². The molecule has 0 aliphatic heterocycles. The molecule has 7 aromatic rings. The Balaban J connectivity index is 0.00000281. The normalized spacial score (nSPS) is 11.9. The van der Waals surface area contributed by atoms with Crippen LogP contribution >= 0.6 is 0 Å². The number of carboxylic acid groups (broad SMARTS) is 1. The number of fused-ring (bicyclic) bond motifs is 2. The zero-order valence-electron chi connectivity index (χ0n) is 34.3. The first-order chi connectivity index (χ1) is 28.8. The molecule has 19 nitrogen and oxygen atoms in total. The second kappa shape index (κ2) is 22.6. The topological polar surface area (TPSA) is 326 Å². The fourth-order valence-electron chi connectivity index (χ4n) is 5.91. The summed E-state index contributed by atoms with van der Waals surface area (Å²) in [6, 6.07) is 26.8. The Morgan fingerprint density at radius 3 is 1.52 bits per heavy atom. The first kappa shape index (κ1) is 56.0. The molecule has 0 unspecified atom stereocenters. The Kier molecular flexibility index (Phi) is 19.5. The maximum atomic E-state index is 13.2. The van der Waals surface area contributed by atoms with Gasteiger partial charge in [-0.2, -0.15) is 37.3 Å². The molecule has 0 radical (unpaired) electrons. The van der Waals surface area contributed by atoms with Crippen molar-refractivity contribution < 1.29 is 177 Å². The molecule has 2 N–H and O–H groups in total. The Morgan fingerprint density at radius 1 is 0.492 bits per heavy atom. The summed E-state index contributed by atoms with van der Waals surface area (Å²) in [6.45, 7) is 0. The zero-order chi connectivity index (χ0) is 43.9. The second-order valence-corrected chi connectivity index (χ2v) is 17.0. The largest absolute Gasteiger partial charge is 1.00 e. The Labute approximate surface area is 458 Å². The summed E-state index contributed by atoms with van der Waals surface area (Å²) in [5, 5.41) is 60.4. The van der Waals surface area contributed by atoms with E-state index >= 15 is 0 Å². The number of aromatic carboxylic acids is 1.